The quantitative estimate of drug-likeness (QED) is 0.355. The Hall–Kier alpha value is -0.810. The maximum atomic E-state index is 9.59. The van der Waals surface area contributed by atoms with Crippen LogP contribution >= 0.6 is 0 Å². The van der Waals surface area contributed by atoms with E-state index in [-0.39, 0.29) is 0 Å². The largest absolute Gasteiger partial charge is 0.438 e. The van der Waals surface area contributed by atoms with E-state index in [1.54, 1.807) is 0 Å². The van der Waals surface area contributed by atoms with Crippen molar-refractivity contribution in [2.24, 2.45) is 5.73 Å². The summed E-state index contributed by atoms with van der Waals surface area (Å²) < 4.78 is 0. The highest BCUT2D eigenvalue weighted by Crippen LogP contribution is 1.66. The van der Waals surface area contributed by atoms with Gasteiger partial charge in [-0.2, -0.15) is 5.48 Å². The molecule has 0 aliphatic rings. The van der Waals surface area contributed by atoms with Crippen molar-refractivity contribution >= 4 is 6.09 Å². The Labute approximate surface area is 40.3 Å². The first-order valence-corrected chi connectivity index (χ1v) is 1.57. The van der Waals surface area contributed by atoms with Gasteiger partial charge >= 0.3 is 6.09 Å². The number of carbonyl (C=O) groups is 1. The van der Waals surface area contributed by atoms with Gasteiger partial charge in [-0.1, -0.05) is 4.99 Å². The summed E-state index contributed by atoms with van der Waals surface area (Å²) in [5.41, 5.74) is 6.53. The fraction of sp³-hybridized carbons (Fsp3) is 0.500. The van der Waals surface area contributed by atoms with Crippen molar-refractivity contribution in [1.29, 1.82) is 0 Å². The standard InChI is InChI=1S/C2H6N2O3/c1-4-7-6-2(3)5/h4H,1H3,(H2,3,5). The molecule has 0 radical (unpaired) electrons. The molecule has 5 nitrogen and oxygen atoms in total. The normalized spacial score (nSPS) is 8.14. The zero-order valence-electron chi connectivity index (χ0n) is 3.80. The van der Waals surface area contributed by atoms with E-state index in [2.05, 4.69) is 21.1 Å². The van der Waals surface area contributed by atoms with Crippen molar-refractivity contribution in [3.05, 3.63) is 0 Å². The lowest BCUT2D eigenvalue weighted by molar-refractivity contribution is -0.277. The average molecular weight is 106 g/mol. The summed E-state index contributed by atoms with van der Waals surface area (Å²) in [5.74, 6) is 0. The second kappa shape index (κ2) is 3.38. The molecule has 0 spiro atoms. The Kier molecular flexibility index (Phi) is 2.99. The molecule has 42 valence electrons. The fourth-order valence-electron chi connectivity index (χ4n) is 0.0827. The van der Waals surface area contributed by atoms with Crippen molar-refractivity contribution in [2.75, 3.05) is 7.05 Å². The van der Waals surface area contributed by atoms with Crippen molar-refractivity contribution in [1.82, 2.24) is 5.48 Å². The van der Waals surface area contributed by atoms with Crippen LogP contribution in [0, 0.1) is 0 Å². The molecule has 0 aromatic heterocycles. The van der Waals surface area contributed by atoms with Crippen LogP contribution in [0.25, 0.3) is 0 Å². The van der Waals surface area contributed by atoms with Gasteiger partial charge in [-0.25, -0.2) is 4.79 Å². The van der Waals surface area contributed by atoms with Crippen molar-refractivity contribution in [3.63, 3.8) is 0 Å². The van der Waals surface area contributed by atoms with E-state index in [0.717, 1.165) is 0 Å². The summed E-state index contributed by atoms with van der Waals surface area (Å²) >= 11 is 0. The van der Waals surface area contributed by atoms with Crippen molar-refractivity contribution in [2.45, 2.75) is 0 Å². The number of hydroxylamine groups is 1. The molecule has 0 heterocycles. The Morgan fingerprint density at radius 3 is 2.57 bits per heavy atom. The first kappa shape index (κ1) is 6.19. The van der Waals surface area contributed by atoms with Crippen LogP contribution in [0.1, 0.15) is 0 Å². The molecule has 3 N–H and O–H groups in total. The second-order valence-electron chi connectivity index (χ2n) is 0.690. The summed E-state index contributed by atoms with van der Waals surface area (Å²) in [5, 5.41) is 0. The molecule has 0 aromatic rings. The van der Waals surface area contributed by atoms with Gasteiger partial charge in [0.15, 0.2) is 0 Å². The third-order valence-corrected chi connectivity index (χ3v) is 0.207. The van der Waals surface area contributed by atoms with Crippen LogP contribution in [0.15, 0.2) is 0 Å². The van der Waals surface area contributed by atoms with Gasteiger partial charge in [0.2, 0.25) is 0 Å². The van der Waals surface area contributed by atoms with E-state index in [9.17, 15) is 4.79 Å². The maximum Gasteiger partial charge on any atom is 0.438 e. The van der Waals surface area contributed by atoms with Gasteiger partial charge in [-0.15, -0.1) is 0 Å². The Morgan fingerprint density at radius 1 is 1.86 bits per heavy atom. The highest BCUT2D eigenvalue weighted by atomic mass is 17.3. The van der Waals surface area contributed by atoms with Gasteiger partial charge in [-0.05, 0) is 0 Å². The number of hydrogen-bond acceptors (Lipinski definition) is 4. The second-order valence-corrected chi connectivity index (χ2v) is 0.690. The van der Waals surface area contributed by atoms with Crippen LogP contribution in [0.3, 0.4) is 0 Å². The molecule has 0 aromatic carbocycles. The van der Waals surface area contributed by atoms with Gasteiger partial charge in [0.05, 0.1) is 0 Å². The first-order valence-electron chi connectivity index (χ1n) is 1.57. The van der Waals surface area contributed by atoms with Gasteiger partial charge in [0.25, 0.3) is 0 Å². The molecular weight excluding hydrogens is 100 g/mol. The first-order chi connectivity index (χ1) is 3.27. The predicted octanol–water partition coefficient (Wildman–Crippen LogP) is -0.852. The van der Waals surface area contributed by atoms with Gasteiger partial charge < -0.3 is 5.73 Å². The molecule has 0 bridgehead atoms. The van der Waals surface area contributed by atoms with E-state index in [1.165, 1.54) is 7.05 Å². The third-order valence-electron chi connectivity index (χ3n) is 0.207. The van der Waals surface area contributed by atoms with Crippen LogP contribution in [0.2, 0.25) is 0 Å². The smallest absolute Gasteiger partial charge is 0.333 e. The predicted molar refractivity (Wildman–Crippen MR) is 20.8 cm³/mol. The molecule has 0 rings (SSSR count). The number of nitrogens with one attached hydrogen (secondary N) is 1. The lowest BCUT2D eigenvalue weighted by Gasteiger charge is -1.92. The lowest BCUT2D eigenvalue weighted by atomic mass is 11.3. The Bertz CT molecular complexity index is 64.0. The van der Waals surface area contributed by atoms with Crippen LogP contribution in [0.5, 0.6) is 0 Å². The molecule has 0 fully saturated rings. The lowest BCUT2D eigenvalue weighted by Crippen LogP contribution is -2.18. The van der Waals surface area contributed by atoms with Crippen molar-refractivity contribution < 1.29 is 14.7 Å². The summed E-state index contributed by atoms with van der Waals surface area (Å²) in [6.07, 6.45) is -0.977. The van der Waals surface area contributed by atoms with E-state index in [4.69, 9.17) is 0 Å². The van der Waals surface area contributed by atoms with Gasteiger partial charge in [0, 0.05) is 7.05 Å². The molecule has 0 saturated heterocycles. The van der Waals surface area contributed by atoms with Crippen LogP contribution < -0.4 is 11.2 Å². The van der Waals surface area contributed by atoms with E-state index < -0.39 is 6.09 Å². The SMILES string of the molecule is CNOOC(N)=O. The zero-order chi connectivity index (χ0) is 5.70. The fourth-order valence-corrected chi connectivity index (χ4v) is 0.0827. The maximum absolute atomic E-state index is 9.59. The van der Waals surface area contributed by atoms with Crippen molar-refractivity contribution in [3.8, 4) is 0 Å². The number of amides is 1. The number of primary amides is 1. The molecule has 1 amide bonds. The highest BCUT2D eigenvalue weighted by molar-refractivity contribution is 5.63. The molecule has 5 heteroatoms. The minimum Gasteiger partial charge on any atom is -0.333 e. The summed E-state index contributed by atoms with van der Waals surface area (Å²) in [7, 11) is 1.43. The zero-order valence-corrected chi connectivity index (χ0v) is 3.80. The number of carbonyl (C=O) groups excluding carboxylic acids is 1. The molecule has 0 aliphatic heterocycles. The Morgan fingerprint density at radius 2 is 2.43 bits per heavy atom. The van der Waals surface area contributed by atoms with Gasteiger partial charge in [0.1, 0.15) is 0 Å². The average Bonchev–Trinajstić information content (AvgIpc) is 1.61. The summed E-state index contributed by atoms with van der Waals surface area (Å²) in [6.45, 7) is 0. The summed E-state index contributed by atoms with van der Waals surface area (Å²) in [6, 6.07) is 0. The minimum atomic E-state index is -0.977. The molecule has 0 saturated carbocycles. The third kappa shape index (κ3) is 5.19. The van der Waals surface area contributed by atoms with Crippen LogP contribution in [0.4, 0.5) is 4.79 Å². The topological polar surface area (TPSA) is 73.6 Å². The van der Waals surface area contributed by atoms with E-state index in [1.807, 2.05) is 0 Å². The highest BCUT2D eigenvalue weighted by Gasteiger charge is 1.87. The van der Waals surface area contributed by atoms with E-state index in [0.29, 0.717) is 0 Å². The molecule has 0 aliphatic carbocycles. The number of nitrogens with two attached hydrogens (primary N) is 1. The van der Waals surface area contributed by atoms with Gasteiger partial charge in [-0.3, -0.25) is 4.89 Å². The van der Waals surface area contributed by atoms with E-state index >= 15 is 0 Å². The summed E-state index contributed by atoms with van der Waals surface area (Å²) in [4.78, 5) is 17.2. The molecule has 7 heavy (non-hydrogen) atoms. The minimum absolute atomic E-state index is 0.977. The van der Waals surface area contributed by atoms with Crippen LogP contribution in [-0.2, 0) is 9.88 Å². The van der Waals surface area contributed by atoms with Crippen LogP contribution in [-0.4, -0.2) is 13.1 Å². The number of rotatable bonds is 2. The number of hydrogen-bond donors (Lipinski definition) is 2. The Balaban J connectivity index is 2.82. The molecular formula is C2H6N2O3. The monoisotopic (exact) mass is 106 g/mol. The molecule has 0 atom stereocenters. The molecule has 0 unspecified atom stereocenters.